The van der Waals surface area contributed by atoms with Crippen LogP contribution in [0.2, 0.25) is 0 Å². The maximum atomic E-state index is 14.0. The standard InChI is InChI=1S/C36H31FN4O2/c1-35(2,3)43-34(42)39-30-23-29-31(32(41-40-29)24-19-21-28(37)22-20-24)33(38-30)36(25-13-7-4-8-14-25,26-15-9-5-10-16-26)27-17-11-6-12-18-27/h4-23H,1-3H3,(H,40,41)(H,38,39,42). The van der Waals surface area contributed by atoms with Crippen molar-refractivity contribution in [3.8, 4) is 11.3 Å². The number of carbonyl (C=O) groups is 1. The van der Waals surface area contributed by atoms with Crippen LogP contribution in [0.4, 0.5) is 15.0 Å². The van der Waals surface area contributed by atoms with E-state index in [-0.39, 0.29) is 5.82 Å². The number of hydrogen-bond acceptors (Lipinski definition) is 4. The van der Waals surface area contributed by atoms with Gasteiger partial charge in [0.2, 0.25) is 0 Å². The van der Waals surface area contributed by atoms with Crippen molar-refractivity contribution in [3.63, 3.8) is 0 Å². The van der Waals surface area contributed by atoms with Crippen LogP contribution >= 0.6 is 0 Å². The number of aromatic amines is 1. The molecular weight excluding hydrogens is 539 g/mol. The SMILES string of the molecule is CC(C)(C)OC(=O)Nc1cc2[nH]nc(-c3ccc(F)cc3)c2c(C(c2ccccc2)(c2ccccc2)c2ccccc2)n1. The summed E-state index contributed by atoms with van der Waals surface area (Å²) in [7, 11) is 0. The Labute approximate surface area is 249 Å². The molecule has 0 aliphatic carbocycles. The Kier molecular flexibility index (Phi) is 7.24. The first-order chi connectivity index (χ1) is 20.8. The van der Waals surface area contributed by atoms with Crippen molar-refractivity contribution in [1.29, 1.82) is 0 Å². The van der Waals surface area contributed by atoms with Crippen LogP contribution in [0, 0.1) is 5.82 Å². The summed E-state index contributed by atoms with van der Waals surface area (Å²) in [6, 6.07) is 38.5. The van der Waals surface area contributed by atoms with E-state index in [9.17, 15) is 9.18 Å². The van der Waals surface area contributed by atoms with Gasteiger partial charge in [-0.05, 0) is 61.7 Å². The van der Waals surface area contributed by atoms with Crippen molar-refractivity contribution >= 4 is 22.8 Å². The molecule has 0 bridgehead atoms. The number of nitrogens with one attached hydrogen (secondary N) is 2. The Balaban J connectivity index is 1.74. The summed E-state index contributed by atoms with van der Waals surface area (Å²) >= 11 is 0. The van der Waals surface area contributed by atoms with Gasteiger partial charge in [-0.1, -0.05) is 91.0 Å². The van der Waals surface area contributed by atoms with Gasteiger partial charge >= 0.3 is 6.09 Å². The van der Waals surface area contributed by atoms with E-state index in [1.807, 2.05) is 75.4 Å². The smallest absolute Gasteiger partial charge is 0.413 e. The van der Waals surface area contributed by atoms with Crippen molar-refractivity contribution in [2.75, 3.05) is 5.32 Å². The van der Waals surface area contributed by atoms with Gasteiger partial charge in [-0.3, -0.25) is 10.4 Å². The summed E-state index contributed by atoms with van der Waals surface area (Å²) in [6.45, 7) is 5.43. The number of nitrogens with zero attached hydrogens (tertiary/aromatic N) is 2. The quantitative estimate of drug-likeness (QED) is 0.197. The van der Waals surface area contributed by atoms with Crippen LogP contribution in [-0.2, 0) is 10.2 Å². The molecule has 214 valence electrons. The third kappa shape index (κ3) is 5.37. The predicted octanol–water partition coefficient (Wildman–Crippen LogP) is 8.49. The number of ether oxygens (including phenoxy) is 1. The Bertz CT molecular complexity index is 1770. The van der Waals surface area contributed by atoms with E-state index in [1.54, 1.807) is 18.2 Å². The fourth-order valence-electron chi connectivity index (χ4n) is 5.58. The lowest BCUT2D eigenvalue weighted by Crippen LogP contribution is -2.33. The molecule has 1 amide bonds. The molecule has 0 fully saturated rings. The van der Waals surface area contributed by atoms with Crippen molar-refractivity contribution in [2.24, 2.45) is 0 Å². The van der Waals surface area contributed by atoms with Gasteiger partial charge < -0.3 is 4.74 Å². The third-order valence-electron chi connectivity index (χ3n) is 7.27. The van der Waals surface area contributed by atoms with Gasteiger partial charge in [0, 0.05) is 11.6 Å². The van der Waals surface area contributed by atoms with E-state index in [0.717, 1.165) is 27.6 Å². The monoisotopic (exact) mass is 570 g/mol. The summed E-state index contributed by atoms with van der Waals surface area (Å²) in [5.41, 5.74) is 3.94. The lowest BCUT2D eigenvalue weighted by atomic mass is 9.66. The fourth-order valence-corrected chi connectivity index (χ4v) is 5.58. The lowest BCUT2D eigenvalue weighted by Gasteiger charge is -2.36. The molecule has 0 aliphatic rings. The van der Waals surface area contributed by atoms with Crippen LogP contribution < -0.4 is 5.32 Å². The number of benzene rings is 4. The molecule has 6 nitrogen and oxygen atoms in total. The van der Waals surface area contributed by atoms with Crippen molar-refractivity contribution < 1.29 is 13.9 Å². The number of aromatic nitrogens is 3. The average molecular weight is 571 g/mol. The molecule has 4 aromatic carbocycles. The third-order valence-corrected chi connectivity index (χ3v) is 7.27. The summed E-state index contributed by atoms with van der Waals surface area (Å²) < 4.78 is 19.5. The maximum Gasteiger partial charge on any atom is 0.413 e. The second-order valence-corrected chi connectivity index (χ2v) is 11.3. The molecular formula is C36H31FN4O2. The second kappa shape index (κ2) is 11.2. The first kappa shape index (κ1) is 27.8. The molecule has 43 heavy (non-hydrogen) atoms. The number of anilines is 1. The fraction of sp³-hybridized carbons (Fsp3) is 0.139. The largest absolute Gasteiger partial charge is 0.444 e. The van der Waals surface area contributed by atoms with Crippen molar-refractivity contribution in [3.05, 3.63) is 150 Å². The van der Waals surface area contributed by atoms with Crippen LogP contribution in [0.5, 0.6) is 0 Å². The normalized spacial score (nSPS) is 11.8. The lowest BCUT2D eigenvalue weighted by molar-refractivity contribution is 0.0635. The van der Waals surface area contributed by atoms with E-state index in [4.69, 9.17) is 14.8 Å². The van der Waals surface area contributed by atoms with E-state index in [0.29, 0.717) is 22.7 Å². The van der Waals surface area contributed by atoms with Crippen LogP contribution in [0.1, 0.15) is 43.2 Å². The molecule has 2 N–H and O–H groups in total. The molecule has 2 heterocycles. The van der Waals surface area contributed by atoms with Gasteiger partial charge in [-0.25, -0.2) is 14.2 Å². The summed E-state index contributed by atoms with van der Waals surface area (Å²) in [5.74, 6) is -0.0313. The molecule has 7 heteroatoms. The molecule has 6 rings (SSSR count). The highest BCUT2D eigenvalue weighted by atomic mass is 19.1. The second-order valence-electron chi connectivity index (χ2n) is 11.3. The van der Waals surface area contributed by atoms with E-state index < -0.39 is 17.1 Å². The molecule has 0 aliphatic heterocycles. The number of H-pyrrole nitrogens is 1. The van der Waals surface area contributed by atoms with Gasteiger partial charge in [0.25, 0.3) is 0 Å². The number of amides is 1. The van der Waals surface area contributed by atoms with Gasteiger partial charge in [-0.2, -0.15) is 5.10 Å². The highest BCUT2D eigenvalue weighted by molar-refractivity contribution is 5.99. The topological polar surface area (TPSA) is 79.9 Å². The highest BCUT2D eigenvalue weighted by Crippen LogP contribution is 2.48. The predicted molar refractivity (Wildman–Crippen MR) is 167 cm³/mol. The molecule has 0 saturated heterocycles. The van der Waals surface area contributed by atoms with Crippen molar-refractivity contribution in [2.45, 2.75) is 31.8 Å². The number of carbonyl (C=O) groups excluding carboxylic acids is 1. The highest BCUT2D eigenvalue weighted by Gasteiger charge is 2.42. The van der Waals surface area contributed by atoms with Crippen LogP contribution in [-0.4, -0.2) is 26.9 Å². The van der Waals surface area contributed by atoms with Gasteiger partial charge in [0.1, 0.15) is 22.9 Å². The average Bonchev–Trinajstić information content (AvgIpc) is 3.43. The van der Waals surface area contributed by atoms with Crippen LogP contribution in [0.3, 0.4) is 0 Å². The van der Waals surface area contributed by atoms with Gasteiger partial charge in [0.05, 0.1) is 22.0 Å². The number of fused-ring (bicyclic) bond motifs is 1. The first-order valence-corrected chi connectivity index (χ1v) is 14.1. The number of pyridine rings is 1. The Morgan fingerprint density at radius 2 is 1.28 bits per heavy atom. The minimum Gasteiger partial charge on any atom is -0.444 e. The number of halogens is 1. The Morgan fingerprint density at radius 3 is 1.77 bits per heavy atom. The zero-order chi connectivity index (χ0) is 30.0. The molecule has 2 aromatic heterocycles. The Morgan fingerprint density at radius 1 is 0.767 bits per heavy atom. The summed E-state index contributed by atoms with van der Waals surface area (Å²) in [4.78, 5) is 18.2. The van der Waals surface area contributed by atoms with E-state index in [2.05, 4.69) is 46.8 Å². The molecule has 0 spiro atoms. The number of hydrogen-bond donors (Lipinski definition) is 2. The van der Waals surface area contributed by atoms with Crippen LogP contribution in [0.25, 0.3) is 22.2 Å². The zero-order valence-electron chi connectivity index (χ0n) is 24.1. The van der Waals surface area contributed by atoms with Crippen LogP contribution in [0.15, 0.2) is 121 Å². The minimum atomic E-state index is -0.938. The first-order valence-electron chi connectivity index (χ1n) is 14.1. The Hall–Kier alpha value is -5.30. The van der Waals surface area contributed by atoms with Gasteiger partial charge in [-0.15, -0.1) is 0 Å². The summed E-state index contributed by atoms with van der Waals surface area (Å²) in [6.07, 6.45) is -0.617. The van der Waals surface area contributed by atoms with Crippen molar-refractivity contribution in [1.82, 2.24) is 15.2 Å². The molecule has 6 aromatic rings. The maximum absolute atomic E-state index is 14.0. The van der Waals surface area contributed by atoms with E-state index in [1.165, 1.54) is 12.1 Å². The number of rotatable bonds is 6. The molecule has 0 atom stereocenters. The molecule has 0 unspecified atom stereocenters. The van der Waals surface area contributed by atoms with E-state index >= 15 is 0 Å². The van der Waals surface area contributed by atoms with Gasteiger partial charge in [0.15, 0.2) is 0 Å². The minimum absolute atomic E-state index is 0.304. The molecule has 0 saturated carbocycles. The summed E-state index contributed by atoms with van der Waals surface area (Å²) in [5, 5.41) is 11.4. The zero-order valence-corrected chi connectivity index (χ0v) is 24.1. The molecule has 0 radical (unpaired) electrons.